The van der Waals surface area contributed by atoms with E-state index in [1.807, 2.05) is 30.3 Å². The first-order valence-electron chi connectivity index (χ1n) is 8.63. The zero-order valence-corrected chi connectivity index (χ0v) is 16.6. The van der Waals surface area contributed by atoms with Gasteiger partial charge in [0.1, 0.15) is 10.6 Å². The molecule has 0 aliphatic carbocycles. The Bertz CT molecular complexity index is 996. The van der Waals surface area contributed by atoms with Crippen molar-refractivity contribution >= 4 is 50.8 Å². The maximum Gasteiger partial charge on any atom is 0.283 e. The largest absolute Gasteiger partial charge is 0.507 e. The van der Waals surface area contributed by atoms with Gasteiger partial charge in [-0.2, -0.15) is 5.10 Å². The molecule has 3 aromatic rings. The van der Waals surface area contributed by atoms with Crippen LogP contribution in [0, 0.1) is 0 Å². The van der Waals surface area contributed by atoms with Crippen molar-refractivity contribution in [1.82, 2.24) is 5.43 Å². The molecule has 0 radical (unpaired) electrons. The van der Waals surface area contributed by atoms with Crippen LogP contribution in [0.15, 0.2) is 47.6 Å². The lowest BCUT2D eigenvalue weighted by Gasteiger charge is -2.21. The van der Waals surface area contributed by atoms with Gasteiger partial charge in [0.25, 0.3) is 5.91 Å². The first-order valence-corrected chi connectivity index (χ1v) is 9.83. The van der Waals surface area contributed by atoms with E-state index in [4.69, 9.17) is 11.6 Å². The van der Waals surface area contributed by atoms with Crippen LogP contribution in [-0.2, 0) is 0 Å². The molecular weight excluding hydrogens is 382 g/mol. The number of halogens is 1. The molecule has 0 unspecified atom stereocenters. The molecule has 1 amide bonds. The predicted molar refractivity (Wildman–Crippen MR) is 114 cm³/mol. The number of amides is 1. The van der Waals surface area contributed by atoms with E-state index in [2.05, 4.69) is 29.3 Å². The number of nitrogens with one attached hydrogen (secondary N) is 1. The van der Waals surface area contributed by atoms with Gasteiger partial charge in [-0.15, -0.1) is 11.3 Å². The maximum atomic E-state index is 12.4. The second kappa shape index (κ2) is 8.41. The summed E-state index contributed by atoms with van der Waals surface area (Å²) in [6, 6.07) is 13.0. The normalized spacial score (nSPS) is 11.2. The lowest BCUT2D eigenvalue weighted by atomic mass is 10.2. The Kier molecular flexibility index (Phi) is 5.98. The van der Waals surface area contributed by atoms with Gasteiger partial charge < -0.3 is 10.0 Å². The number of fused-ring (bicyclic) bond motifs is 1. The molecular formula is C20H20ClN3O2S. The number of carbonyl (C=O) groups excluding carboxylic acids is 1. The number of phenols is 1. The van der Waals surface area contributed by atoms with Crippen LogP contribution in [0.3, 0.4) is 0 Å². The molecule has 0 fully saturated rings. The highest BCUT2D eigenvalue weighted by Crippen LogP contribution is 2.35. The van der Waals surface area contributed by atoms with Crippen LogP contribution in [0.1, 0.15) is 29.1 Å². The van der Waals surface area contributed by atoms with Crippen molar-refractivity contribution in [2.75, 3.05) is 18.0 Å². The topological polar surface area (TPSA) is 64.9 Å². The van der Waals surface area contributed by atoms with Crippen LogP contribution >= 0.6 is 22.9 Å². The smallest absolute Gasteiger partial charge is 0.283 e. The number of rotatable bonds is 6. The van der Waals surface area contributed by atoms with E-state index >= 15 is 0 Å². The molecule has 7 heteroatoms. The van der Waals surface area contributed by atoms with Gasteiger partial charge in [-0.3, -0.25) is 4.79 Å². The number of nitrogens with zero attached hydrogens (tertiary/aromatic N) is 2. The molecule has 1 aromatic heterocycles. The van der Waals surface area contributed by atoms with Crippen molar-refractivity contribution in [1.29, 1.82) is 0 Å². The van der Waals surface area contributed by atoms with Crippen molar-refractivity contribution in [2.45, 2.75) is 13.8 Å². The Hall–Kier alpha value is -2.57. The summed E-state index contributed by atoms with van der Waals surface area (Å²) in [7, 11) is 0. The van der Waals surface area contributed by atoms with Crippen LogP contribution in [0.4, 0.5) is 5.69 Å². The zero-order chi connectivity index (χ0) is 19.4. The Labute approximate surface area is 166 Å². The molecule has 27 heavy (non-hydrogen) atoms. The van der Waals surface area contributed by atoms with Crippen molar-refractivity contribution < 1.29 is 9.90 Å². The molecule has 2 N–H and O–H groups in total. The summed E-state index contributed by atoms with van der Waals surface area (Å²) < 4.78 is 0.946. The molecule has 0 saturated heterocycles. The average molecular weight is 402 g/mol. The maximum absolute atomic E-state index is 12.4. The molecule has 0 bridgehead atoms. The third kappa shape index (κ3) is 4.07. The first-order chi connectivity index (χ1) is 13.0. The monoisotopic (exact) mass is 401 g/mol. The van der Waals surface area contributed by atoms with Gasteiger partial charge in [0.15, 0.2) is 0 Å². The SMILES string of the molecule is CCN(CC)c1ccc(/C=N\NC(=O)c2sc3ccccc3c2Cl)c(O)c1. The number of anilines is 1. The second-order valence-electron chi connectivity index (χ2n) is 5.86. The van der Waals surface area contributed by atoms with Crippen LogP contribution in [0.5, 0.6) is 5.75 Å². The summed E-state index contributed by atoms with van der Waals surface area (Å²) in [4.78, 5) is 14.9. The summed E-state index contributed by atoms with van der Waals surface area (Å²) >= 11 is 7.62. The summed E-state index contributed by atoms with van der Waals surface area (Å²) in [6.07, 6.45) is 1.42. The molecule has 1 heterocycles. The van der Waals surface area contributed by atoms with Crippen molar-refractivity contribution in [3.63, 3.8) is 0 Å². The quantitative estimate of drug-likeness (QED) is 0.457. The van der Waals surface area contributed by atoms with Crippen molar-refractivity contribution in [3.8, 4) is 5.75 Å². The Morgan fingerprint density at radius 3 is 2.67 bits per heavy atom. The van der Waals surface area contributed by atoms with Gasteiger partial charge in [0, 0.05) is 40.5 Å². The van der Waals surface area contributed by atoms with Crippen LogP contribution in [0.25, 0.3) is 10.1 Å². The fourth-order valence-corrected chi connectivity index (χ4v) is 4.20. The highest BCUT2D eigenvalue weighted by Gasteiger charge is 2.16. The van der Waals surface area contributed by atoms with Crippen LogP contribution in [-0.4, -0.2) is 30.3 Å². The minimum atomic E-state index is -0.378. The third-order valence-electron chi connectivity index (χ3n) is 4.25. The molecule has 0 atom stereocenters. The predicted octanol–water partition coefficient (Wildman–Crippen LogP) is 4.87. The Balaban J connectivity index is 1.73. The molecule has 2 aromatic carbocycles. The summed E-state index contributed by atoms with van der Waals surface area (Å²) in [6.45, 7) is 5.83. The van der Waals surface area contributed by atoms with Gasteiger partial charge >= 0.3 is 0 Å². The van der Waals surface area contributed by atoms with E-state index in [1.165, 1.54) is 17.6 Å². The van der Waals surface area contributed by atoms with Gasteiger partial charge in [0.2, 0.25) is 0 Å². The summed E-state index contributed by atoms with van der Waals surface area (Å²) in [5.74, 6) is -0.269. The lowest BCUT2D eigenvalue weighted by molar-refractivity contribution is 0.0959. The summed E-state index contributed by atoms with van der Waals surface area (Å²) in [5, 5.41) is 15.4. The number of thiophene rings is 1. The lowest BCUT2D eigenvalue weighted by Crippen LogP contribution is -2.21. The average Bonchev–Trinajstić information content (AvgIpc) is 3.01. The van der Waals surface area contributed by atoms with E-state index < -0.39 is 0 Å². The highest BCUT2D eigenvalue weighted by atomic mass is 35.5. The van der Waals surface area contributed by atoms with E-state index in [9.17, 15) is 9.90 Å². The second-order valence-corrected chi connectivity index (χ2v) is 7.29. The minimum Gasteiger partial charge on any atom is -0.507 e. The van der Waals surface area contributed by atoms with Crippen molar-refractivity contribution in [2.24, 2.45) is 5.10 Å². The number of carbonyl (C=O) groups is 1. The number of benzene rings is 2. The molecule has 0 aliphatic rings. The number of phenolic OH excluding ortho intramolecular Hbond substituents is 1. The third-order valence-corrected chi connectivity index (χ3v) is 5.93. The van der Waals surface area contributed by atoms with Gasteiger partial charge in [-0.25, -0.2) is 5.43 Å². The molecule has 140 valence electrons. The molecule has 3 rings (SSSR count). The Morgan fingerprint density at radius 1 is 1.26 bits per heavy atom. The molecule has 0 aliphatic heterocycles. The van der Waals surface area contributed by atoms with E-state index in [1.54, 1.807) is 12.1 Å². The van der Waals surface area contributed by atoms with Gasteiger partial charge in [0.05, 0.1) is 11.2 Å². The summed E-state index contributed by atoms with van der Waals surface area (Å²) in [5.41, 5.74) is 3.93. The van der Waals surface area contributed by atoms with Gasteiger partial charge in [-0.1, -0.05) is 29.8 Å². The fourth-order valence-electron chi connectivity index (χ4n) is 2.80. The zero-order valence-electron chi connectivity index (χ0n) is 15.1. The van der Waals surface area contributed by atoms with E-state index in [0.717, 1.165) is 28.9 Å². The molecule has 0 spiro atoms. The number of aromatic hydroxyl groups is 1. The Morgan fingerprint density at radius 2 is 2.00 bits per heavy atom. The standard InChI is InChI=1S/C20H20ClN3O2S/c1-3-24(4-2)14-10-9-13(16(25)11-14)12-22-23-20(26)19-18(21)15-7-5-6-8-17(15)27-19/h5-12,25H,3-4H2,1-2H3,(H,23,26)/b22-12-. The van der Waals surface area contributed by atoms with E-state index in [0.29, 0.717) is 15.5 Å². The van der Waals surface area contributed by atoms with Crippen LogP contribution < -0.4 is 10.3 Å². The van der Waals surface area contributed by atoms with Gasteiger partial charge in [-0.05, 0) is 32.0 Å². The number of hydrazone groups is 1. The minimum absolute atomic E-state index is 0.109. The van der Waals surface area contributed by atoms with Crippen LogP contribution in [0.2, 0.25) is 5.02 Å². The highest BCUT2D eigenvalue weighted by molar-refractivity contribution is 7.21. The number of hydrogen-bond acceptors (Lipinski definition) is 5. The van der Waals surface area contributed by atoms with Crippen molar-refractivity contribution in [3.05, 3.63) is 57.9 Å². The van der Waals surface area contributed by atoms with E-state index in [-0.39, 0.29) is 11.7 Å². The first kappa shape index (κ1) is 19.2. The number of hydrogen-bond donors (Lipinski definition) is 2. The molecule has 5 nitrogen and oxygen atoms in total. The molecule has 0 saturated carbocycles. The fraction of sp³-hybridized carbons (Fsp3) is 0.200.